The molecular weight excluding hydrogens is 417 g/mol. The van der Waals surface area contributed by atoms with Gasteiger partial charge in [-0.15, -0.1) is 0 Å². The van der Waals surface area contributed by atoms with Crippen molar-refractivity contribution in [2.75, 3.05) is 0 Å². The normalized spacial score (nSPS) is 12.9. The number of nitrogens with one attached hydrogen (secondary N) is 1. The van der Waals surface area contributed by atoms with Gasteiger partial charge in [0.1, 0.15) is 23.9 Å². The van der Waals surface area contributed by atoms with Crippen LogP contribution in [0, 0.1) is 5.82 Å². The molecule has 1 amide bonds. The second kappa shape index (κ2) is 10.5. The van der Waals surface area contributed by atoms with Crippen LogP contribution >= 0.6 is 11.6 Å². The smallest absolute Gasteiger partial charge is 0.287 e. The van der Waals surface area contributed by atoms with Crippen LogP contribution < -0.4 is 10.1 Å². The minimum absolute atomic E-state index is 0.0763. The van der Waals surface area contributed by atoms with Gasteiger partial charge in [0, 0.05) is 0 Å². The molecule has 0 aliphatic carbocycles. The van der Waals surface area contributed by atoms with E-state index in [4.69, 9.17) is 20.8 Å². The van der Waals surface area contributed by atoms with Crippen LogP contribution in [0.2, 0.25) is 5.02 Å². The van der Waals surface area contributed by atoms with Gasteiger partial charge < -0.3 is 14.5 Å². The number of hydrogen-bond donors (Lipinski definition) is 1. The van der Waals surface area contributed by atoms with Gasteiger partial charge in [0.25, 0.3) is 5.91 Å². The van der Waals surface area contributed by atoms with Crippen molar-refractivity contribution in [3.05, 3.63) is 88.1 Å². The van der Waals surface area contributed by atoms with E-state index in [0.29, 0.717) is 17.4 Å². The highest BCUT2D eigenvalue weighted by molar-refractivity contribution is 6.32. The molecule has 0 aliphatic rings. The monoisotopic (exact) mass is 443 g/mol. The van der Waals surface area contributed by atoms with Gasteiger partial charge in [-0.3, -0.25) is 4.79 Å². The number of carbonyl (C=O) groups excluding carboxylic acids is 1. The van der Waals surface area contributed by atoms with Crippen molar-refractivity contribution < 1.29 is 18.3 Å². The van der Waals surface area contributed by atoms with Gasteiger partial charge in [0.05, 0.1) is 11.1 Å². The molecule has 4 nitrogen and oxygen atoms in total. The Morgan fingerprint density at radius 1 is 1.06 bits per heavy atom. The summed E-state index contributed by atoms with van der Waals surface area (Å²) in [6.07, 6.45) is 1.85. The summed E-state index contributed by atoms with van der Waals surface area (Å²) in [7, 11) is 0. The summed E-state index contributed by atoms with van der Waals surface area (Å²) in [5.74, 6) is 0.808. The van der Waals surface area contributed by atoms with Crippen LogP contribution in [-0.2, 0) is 6.61 Å². The third-order valence-electron chi connectivity index (χ3n) is 5.38. The zero-order valence-corrected chi connectivity index (χ0v) is 18.7. The third-order valence-corrected chi connectivity index (χ3v) is 5.68. The van der Waals surface area contributed by atoms with Crippen LogP contribution in [0.15, 0.2) is 59.0 Å². The van der Waals surface area contributed by atoms with Gasteiger partial charge in [-0.2, -0.15) is 0 Å². The lowest BCUT2D eigenvalue weighted by Crippen LogP contribution is -2.27. The van der Waals surface area contributed by atoms with E-state index in [1.165, 1.54) is 23.8 Å². The molecule has 2 unspecified atom stereocenters. The molecule has 3 aromatic rings. The highest BCUT2D eigenvalue weighted by Crippen LogP contribution is 2.26. The molecular formula is C25H27ClFNO3. The molecule has 0 saturated carbocycles. The van der Waals surface area contributed by atoms with Gasteiger partial charge >= 0.3 is 0 Å². The van der Waals surface area contributed by atoms with Gasteiger partial charge in [0.15, 0.2) is 5.76 Å². The van der Waals surface area contributed by atoms with Gasteiger partial charge in [-0.05, 0) is 60.2 Å². The van der Waals surface area contributed by atoms with E-state index in [0.717, 1.165) is 18.4 Å². The summed E-state index contributed by atoms with van der Waals surface area (Å²) < 4.78 is 24.3. The maximum Gasteiger partial charge on any atom is 0.287 e. The molecule has 6 heteroatoms. The van der Waals surface area contributed by atoms with E-state index in [-0.39, 0.29) is 29.3 Å². The van der Waals surface area contributed by atoms with Crippen molar-refractivity contribution >= 4 is 17.5 Å². The molecule has 0 aliphatic heterocycles. The molecule has 2 atom stereocenters. The van der Waals surface area contributed by atoms with Crippen LogP contribution in [0.1, 0.15) is 73.0 Å². The standard InChI is InChI=1S/C25H27ClFNO3/c1-4-16(3)17-6-8-18(9-7-17)22(5-2)28-25(29)24-13-11-20(31-24)15-30-23-12-10-19(27)14-21(23)26/h6-14,16,22H,4-5,15H2,1-3H3,(H,28,29). The van der Waals surface area contributed by atoms with Crippen molar-refractivity contribution in [2.24, 2.45) is 0 Å². The molecule has 3 rings (SSSR count). The molecule has 31 heavy (non-hydrogen) atoms. The number of benzene rings is 2. The summed E-state index contributed by atoms with van der Waals surface area (Å²) >= 11 is 5.96. The van der Waals surface area contributed by atoms with Crippen molar-refractivity contribution in [3.8, 4) is 5.75 Å². The first-order chi connectivity index (χ1) is 14.9. The average molecular weight is 444 g/mol. The molecule has 0 radical (unpaired) electrons. The number of halogens is 2. The summed E-state index contributed by atoms with van der Waals surface area (Å²) in [5.41, 5.74) is 2.35. The molecule has 164 valence electrons. The molecule has 0 spiro atoms. The lowest BCUT2D eigenvalue weighted by molar-refractivity contribution is 0.0903. The van der Waals surface area contributed by atoms with E-state index in [1.807, 2.05) is 6.92 Å². The van der Waals surface area contributed by atoms with E-state index >= 15 is 0 Å². The molecule has 2 aromatic carbocycles. The Labute approximate surface area is 187 Å². The van der Waals surface area contributed by atoms with Crippen LogP contribution in [0.3, 0.4) is 0 Å². The van der Waals surface area contributed by atoms with E-state index in [1.54, 1.807) is 12.1 Å². The van der Waals surface area contributed by atoms with Crippen molar-refractivity contribution in [1.29, 1.82) is 0 Å². The second-order valence-corrected chi connectivity index (χ2v) is 7.95. The van der Waals surface area contributed by atoms with Crippen LogP contribution in [0.5, 0.6) is 5.75 Å². The minimum Gasteiger partial charge on any atom is -0.484 e. The summed E-state index contributed by atoms with van der Waals surface area (Å²) in [6, 6.07) is 15.5. The minimum atomic E-state index is -0.436. The van der Waals surface area contributed by atoms with Crippen molar-refractivity contribution in [3.63, 3.8) is 0 Å². The fraction of sp³-hybridized carbons (Fsp3) is 0.320. The predicted molar refractivity (Wildman–Crippen MR) is 120 cm³/mol. The van der Waals surface area contributed by atoms with Crippen LogP contribution in [-0.4, -0.2) is 5.91 Å². The van der Waals surface area contributed by atoms with Gasteiger partial charge in [-0.1, -0.05) is 56.6 Å². The zero-order valence-electron chi connectivity index (χ0n) is 18.0. The maximum atomic E-state index is 13.1. The Hall–Kier alpha value is -2.79. The van der Waals surface area contributed by atoms with Gasteiger partial charge in [0.2, 0.25) is 0 Å². The summed E-state index contributed by atoms with van der Waals surface area (Å²) in [6.45, 7) is 6.48. The van der Waals surface area contributed by atoms with Crippen LogP contribution in [0.4, 0.5) is 4.39 Å². The Balaban J connectivity index is 1.61. The summed E-state index contributed by atoms with van der Waals surface area (Å²) in [5, 5.41) is 3.20. The highest BCUT2D eigenvalue weighted by atomic mass is 35.5. The topological polar surface area (TPSA) is 51.5 Å². The molecule has 1 N–H and O–H groups in total. The number of hydrogen-bond acceptors (Lipinski definition) is 3. The Bertz CT molecular complexity index is 1020. The molecule has 1 aromatic heterocycles. The fourth-order valence-electron chi connectivity index (χ4n) is 3.26. The third kappa shape index (κ3) is 5.88. The SMILES string of the molecule is CCC(C)c1ccc(C(CC)NC(=O)c2ccc(COc3ccc(F)cc3Cl)o2)cc1. The maximum absolute atomic E-state index is 13.1. The largest absolute Gasteiger partial charge is 0.484 e. The first-order valence-corrected chi connectivity index (χ1v) is 10.9. The van der Waals surface area contributed by atoms with E-state index in [9.17, 15) is 9.18 Å². The summed E-state index contributed by atoms with van der Waals surface area (Å²) in [4.78, 5) is 12.7. The predicted octanol–water partition coefficient (Wildman–Crippen LogP) is 7.05. The number of rotatable bonds is 9. The Morgan fingerprint density at radius 2 is 1.77 bits per heavy atom. The molecule has 0 bridgehead atoms. The van der Waals surface area contributed by atoms with Crippen molar-refractivity contribution in [2.45, 2.75) is 52.2 Å². The lowest BCUT2D eigenvalue weighted by Gasteiger charge is -2.18. The molecule has 1 heterocycles. The van der Waals surface area contributed by atoms with E-state index in [2.05, 4.69) is 43.4 Å². The molecule has 0 saturated heterocycles. The highest BCUT2D eigenvalue weighted by Gasteiger charge is 2.18. The zero-order chi connectivity index (χ0) is 22.4. The Kier molecular flexibility index (Phi) is 7.75. The molecule has 0 fully saturated rings. The average Bonchev–Trinajstić information content (AvgIpc) is 3.25. The van der Waals surface area contributed by atoms with E-state index < -0.39 is 5.82 Å². The first kappa shape index (κ1) is 22.9. The quantitative estimate of drug-likeness (QED) is 0.385. The van der Waals surface area contributed by atoms with Gasteiger partial charge in [-0.25, -0.2) is 4.39 Å². The lowest BCUT2D eigenvalue weighted by atomic mass is 9.95. The Morgan fingerprint density at radius 3 is 2.42 bits per heavy atom. The van der Waals surface area contributed by atoms with Crippen LogP contribution in [0.25, 0.3) is 0 Å². The van der Waals surface area contributed by atoms with Crippen molar-refractivity contribution in [1.82, 2.24) is 5.32 Å². The number of amides is 1. The fourth-order valence-corrected chi connectivity index (χ4v) is 3.48. The second-order valence-electron chi connectivity index (χ2n) is 7.54. The number of furan rings is 1. The first-order valence-electron chi connectivity index (χ1n) is 10.5. The number of ether oxygens (including phenoxy) is 1. The number of carbonyl (C=O) groups is 1.